The van der Waals surface area contributed by atoms with Gasteiger partial charge in [-0.2, -0.15) is 0 Å². The molecule has 0 aromatic heterocycles. The second-order valence-corrected chi connectivity index (χ2v) is 4.71. The lowest BCUT2D eigenvalue weighted by Gasteiger charge is -2.14. The zero-order chi connectivity index (χ0) is 12.8. The van der Waals surface area contributed by atoms with Gasteiger partial charge in [-0.25, -0.2) is 0 Å². The summed E-state index contributed by atoms with van der Waals surface area (Å²) in [7, 11) is 1.56. The minimum atomic E-state index is -0.0671. The van der Waals surface area contributed by atoms with E-state index in [2.05, 4.69) is 13.8 Å². The molecule has 1 rings (SSSR count). The molecule has 0 aliphatic rings. The number of aliphatic hydroxyl groups is 1. The summed E-state index contributed by atoms with van der Waals surface area (Å²) in [5, 5.41) is 9.54. The summed E-state index contributed by atoms with van der Waals surface area (Å²) in [5.74, 6) is 1.69. The van der Waals surface area contributed by atoms with E-state index in [0.29, 0.717) is 34.6 Å². The molecule has 0 spiro atoms. The first-order chi connectivity index (χ1) is 8.08. The van der Waals surface area contributed by atoms with Crippen LogP contribution in [-0.4, -0.2) is 18.8 Å². The van der Waals surface area contributed by atoms with Crippen molar-refractivity contribution in [2.24, 2.45) is 5.92 Å². The highest BCUT2D eigenvalue weighted by Crippen LogP contribution is 2.36. The average Bonchev–Trinajstić information content (AvgIpc) is 2.30. The Morgan fingerprint density at radius 2 is 2.06 bits per heavy atom. The molecule has 0 atom stereocenters. The quantitative estimate of drug-likeness (QED) is 0.851. The van der Waals surface area contributed by atoms with Gasteiger partial charge in [0, 0.05) is 0 Å². The summed E-state index contributed by atoms with van der Waals surface area (Å²) in [6, 6.07) is 3.42. The van der Waals surface area contributed by atoms with E-state index >= 15 is 0 Å². The molecule has 0 aliphatic carbocycles. The molecular weight excluding hydrogens is 240 g/mol. The molecule has 0 amide bonds. The monoisotopic (exact) mass is 258 g/mol. The largest absolute Gasteiger partial charge is 0.493 e. The van der Waals surface area contributed by atoms with Crippen molar-refractivity contribution in [3.8, 4) is 11.5 Å². The summed E-state index contributed by atoms with van der Waals surface area (Å²) in [6.45, 7) is 4.81. The number of methoxy groups -OCH3 is 1. The Morgan fingerprint density at radius 3 is 2.59 bits per heavy atom. The van der Waals surface area contributed by atoms with E-state index in [1.54, 1.807) is 19.2 Å². The molecule has 4 heteroatoms. The van der Waals surface area contributed by atoms with E-state index in [-0.39, 0.29) is 6.61 Å². The fourth-order valence-electron chi connectivity index (χ4n) is 1.40. The number of hydrogen-bond acceptors (Lipinski definition) is 3. The molecular formula is C13H19ClO3. The SMILES string of the molecule is COc1cc(CO)cc(Cl)c1OCCC(C)C. The minimum absolute atomic E-state index is 0.0671. The number of hydrogen-bond donors (Lipinski definition) is 1. The van der Waals surface area contributed by atoms with Crippen LogP contribution in [0.5, 0.6) is 11.5 Å². The van der Waals surface area contributed by atoms with Gasteiger partial charge in [-0.1, -0.05) is 25.4 Å². The van der Waals surface area contributed by atoms with E-state index in [4.69, 9.17) is 26.2 Å². The Labute approximate surface area is 107 Å². The topological polar surface area (TPSA) is 38.7 Å². The van der Waals surface area contributed by atoms with Crippen LogP contribution in [0, 0.1) is 5.92 Å². The van der Waals surface area contributed by atoms with Crippen molar-refractivity contribution >= 4 is 11.6 Å². The van der Waals surface area contributed by atoms with E-state index in [9.17, 15) is 0 Å². The van der Waals surface area contributed by atoms with Crippen LogP contribution >= 0.6 is 11.6 Å². The van der Waals surface area contributed by atoms with Crippen LogP contribution in [0.2, 0.25) is 5.02 Å². The van der Waals surface area contributed by atoms with Crippen LogP contribution in [0.3, 0.4) is 0 Å². The van der Waals surface area contributed by atoms with Crippen LogP contribution in [0.1, 0.15) is 25.8 Å². The Morgan fingerprint density at radius 1 is 1.35 bits per heavy atom. The molecule has 0 aliphatic heterocycles. The molecule has 0 unspecified atom stereocenters. The third-order valence-corrected chi connectivity index (χ3v) is 2.69. The lowest BCUT2D eigenvalue weighted by molar-refractivity contribution is 0.268. The Kier molecular flexibility index (Phi) is 5.59. The van der Waals surface area contributed by atoms with E-state index in [1.165, 1.54) is 0 Å². The molecule has 0 radical (unpaired) electrons. The van der Waals surface area contributed by atoms with Gasteiger partial charge >= 0.3 is 0 Å². The normalized spacial score (nSPS) is 10.7. The van der Waals surface area contributed by atoms with E-state index in [1.807, 2.05) is 0 Å². The fraction of sp³-hybridized carbons (Fsp3) is 0.538. The highest BCUT2D eigenvalue weighted by Gasteiger charge is 2.11. The van der Waals surface area contributed by atoms with Crippen molar-refractivity contribution in [1.29, 1.82) is 0 Å². The first kappa shape index (κ1) is 14.1. The van der Waals surface area contributed by atoms with Crippen molar-refractivity contribution in [2.75, 3.05) is 13.7 Å². The highest BCUT2D eigenvalue weighted by atomic mass is 35.5. The van der Waals surface area contributed by atoms with Crippen LogP contribution in [-0.2, 0) is 6.61 Å². The number of halogens is 1. The maximum Gasteiger partial charge on any atom is 0.179 e. The van der Waals surface area contributed by atoms with Gasteiger partial charge in [-0.15, -0.1) is 0 Å². The molecule has 0 bridgehead atoms. The predicted molar refractivity (Wildman–Crippen MR) is 68.9 cm³/mol. The van der Waals surface area contributed by atoms with Gasteiger partial charge in [0.1, 0.15) is 0 Å². The van der Waals surface area contributed by atoms with Gasteiger partial charge in [-0.3, -0.25) is 0 Å². The predicted octanol–water partition coefficient (Wildman–Crippen LogP) is 3.27. The lowest BCUT2D eigenvalue weighted by atomic mass is 10.1. The van der Waals surface area contributed by atoms with Crippen molar-refractivity contribution < 1.29 is 14.6 Å². The Bertz CT molecular complexity index is 364. The summed E-state index contributed by atoms with van der Waals surface area (Å²) in [6.07, 6.45) is 0.960. The van der Waals surface area contributed by atoms with E-state index in [0.717, 1.165) is 6.42 Å². The van der Waals surface area contributed by atoms with Gasteiger partial charge in [0.15, 0.2) is 11.5 Å². The molecule has 0 saturated heterocycles. The van der Waals surface area contributed by atoms with Crippen LogP contribution in [0.4, 0.5) is 0 Å². The molecule has 17 heavy (non-hydrogen) atoms. The average molecular weight is 259 g/mol. The highest BCUT2D eigenvalue weighted by molar-refractivity contribution is 6.32. The Balaban J connectivity index is 2.82. The van der Waals surface area contributed by atoms with Crippen molar-refractivity contribution in [1.82, 2.24) is 0 Å². The maximum atomic E-state index is 9.07. The molecule has 1 aromatic rings. The van der Waals surface area contributed by atoms with Crippen molar-refractivity contribution in [3.05, 3.63) is 22.7 Å². The van der Waals surface area contributed by atoms with Crippen molar-refractivity contribution in [2.45, 2.75) is 26.9 Å². The van der Waals surface area contributed by atoms with Crippen LogP contribution < -0.4 is 9.47 Å². The molecule has 1 aromatic carbocycles. The van der Waals surface area contributed by atoms with Gasteiger partial charge in [0.2, 0.25) is 0 Å². The summed E-state index contributed by atoms with van der Waals surface area (Å²) < 4.78 is 10.8. The molecule has 0 heterocycles. The maximum absolute atomic E-state index is 9.07. The summed E-state index contributed by atoms with van der Waals surface area (Å²) >= 11 is 6.09. The number of rotatable bonds is 6. The van der Waals surface area contributed by atoms with Gasteiger partial charge in [-0.05, 0) is 30.0 Å². The first-order valence-electron chi connectivity index (χ1n) is 5.68. The third kappa shape index (κ3) is 4.10. The van der Waals surface area contributed by atoms with Gasteiger partial charge in [0.25, 0.3) is 0 Å². The number of benzene rings is 1. The second-order valence-electron chi connectivity index (χ2n) is 4.30. The Hall–Kier alpha value is -0.930. The third-order valence-electron chi connectivity index (χ3n) is 2.41. The minimum Gasteiger partial charge on any atom is -0.493 e. The zero-order valence-corrected chi connectivity index (χ0v) is 11.3. The second kappa shape index (κ2) is 6.72. The molecule has 0 saturated carbocycles. The number of aliphatic hydroxyl groups excluding tert-OH is 1. The first-order valence-corrected chi connectivity index (χ1v) is 6.06. The van der Waals surface area contributed by atoms with Crippen LogP contribution in [0.15, 0.2) is 12.1 Å². The number of ether oxygens (including phenoxy) is 2. The van der Waals surface area contributed by atoms with E-state index < -0.39 is 0 Å². The smallest absolute Gasteiger partial charge is 0.179 e. The van der Waals surface area contributed by atoms with Crippen molar-refractivity contribution in [3.63, 3.8) is 0 Å². The standard InChI is InChI=1S/C13H19ClO3/c1-9(2)4-5-17-13-11(14)6-10(8-15)7-12(13)16-3/h6-7,9,15H,4-5,8H2,1-3H3. The lowest BCUT2D eigenvalue weighted by Crippen LogP contribution is -2.03. The zero-order valence-electron chi connectivity index (χ0n) is 10.5. The fourth-order valence-corrected chi connectivity index (χ4v) is 1.69. The molecule has 3 nitrogen and oxygen atoms in total. The summed E-state index contributed by atoms with van der Waals surface area (Å²) in [5.41, 5.74) is 0.711. The van der Waals surface area contributed by atoms with Crippen LogP contribution in [0.25, 0.3) is 0 Å². The van der Waals surface area contributed by atoms with Gasteiger partial charge < -0.3 is 14.6 Å². The molecule has 1 N–H and O–H groups in total. The summed E-state index contributed by atoms with van der Waals surface area (Å²) in [4.78, 5) is 0. The molecule has 96 valence electrons. The molecule has 0 fully saturated rings. The van der Waals surface area contributed by atoms with Gasteiger partial charge in [0.05, 0.1) is 25.3 Å².